The summed E-state index contributed by atoms with van der Waals surface area (Å²) in [6.45, 7) is 2.57. The lowest BCUT2D eigenvalue weighted by Crippen LogP contribution is -2.62. The summed E-state index contributed by atoms with van der Waals surface area (Å²) in [4.78, 5) is 116. The van der Waals surface area contributed by atoms with Gasteiger partial charge in [-0.05, 0) is 91.9 Å². The average Bonchev–Trinajstić information content (AvgIpc) is 3.79. The maximum absolute atomic E-state index is 14.8. The Hall–Kier alpha value is -6.00. The van der Waals surface area contributed by atoms with E-state index in [1.165, 1.54) is 19.1 Å². The molecule has 15 N–H and O–H groups in total. The number of carboxylic acids is 1. The zero-order valence-electron chi connectivity index (χ0n) is 41.0. The Labute approximate surface area is 450 Å². The molecular formula is C49H64N10O12S4. The van der Waals surface area contributed by atoms with E-state index in [0.717, 1.165) is 56.0 Å². The van der Waals surface area contributed by atoms with Crippen molar-refractivity contribution in [3.8, 4) is 5.75 Å². The number of benzene rings is 3. The van der Waals surface area contributed by atoms with Crippen molar-refractivity contribution in [1.82, 2.24) is 46.9 Å². The van der Waals surface area contributed by atoms with Gasteiger partial charge in [-0.3, -0.25) is 33.6 Å². The number of H-pyrrole nitrogens is 1. The molecule has 0 radical (unpaired) electrons. The number of amides is 7. The number of carbonyl (C=O) groups is 8. The minimum Gasteiger partial charge on any atom is -0.508 e. The van der Waals surface area contributed by atoms with Gasteiger partial charge in [-0.1, -0.05) is 93.9 Å². The van der Waals surface area contributed by atoms with E-state index < -0.39 is 108 Å². The number of hydrogen-bond acceptors (Lipinski definition) is 17. The van der Waals surface area contributed by atoms with E-state index in [9.17, 15) is 58.8 Å². The number of nitrogens with two attached hydrogens (primary N) is 1. The quantitative estimate of drug-likeness (QED) is 0.0257. The monoisotopic (exact) mass is 1110 g/mol. The summed E-state index contributed by atoms with van der Waals surface area (Å²) in [5, 5.41) is 59.9. The van der Waals surface area contributed by atoms with Gasteiger partial charge in [-0.25, -0.2) is 9.52 Å². The van der Waals surface area contributed by atoms with Crippen LogP contribution in [0.3, 0.4) is 0 Å². The van der Waals surface area contributed by atoms with Gasteiger partial charge >= 0.3 is 5.97 Å². The Morgan fingerprint density at radius 2 is 1.39 bits per heavy atom. The van der Waals surface area contributed by atoms with Crippen LogP contribution < -0.4 is 47.7 Å². The Bertz CT molecular complexity index is 2580. The minimum atomic E-state index is -1.82. The number of carbonyl (C=O) groups excluding carboxylic acids is 7. The molecule has 10 atom stereocenters. The molecule has 2 heterocycles. The third-order valence-electron chi connectivity index (χ3n) is 12.0. The van der Waals surface area contributed by atoms with Gasteiger partial charge in [-0.15, -0.1) is 0 Å². The van der Waals surface area contributed by atoms with Gasteiger partial charge in [0.15, 0.2) is 6.04 Å². The first-order valence-corrected chi connectivity index (χ1v) is 28.3. The van der Waals surface area contributed by atoms with Crippen LogP contribution in [0.1, 0.15) is 49.8 Å². The van der Waals surface area contributed by atoms with E-state index in [4.69, 9.17) is 5.73 Å². The molecule has 4 aromatic rings. The average molecular weight is 1110 g/mol. The first-order chi connectivity index (χ1) is 35.9. The lowest BCUT2D eigenvalue weighted by atomic mass is 10.0. The number of fused-ring (bicyclic) bond motifs is 1. The zero-order chi connectivity index (χ0) is 54.6. The molecule has 1 aliphatic heterocycles. The summed E-state index contributed by atoms with van der Waals surface area (Å²) in [5.74, 6) is -8.46. The number of carboxylic acid groups (broad SMARTS) is 1. The number of hydrogen-bond donors (Lipinski definition) is 15. The molecule has 10 unspecified atom stereocenters. The highest BCUT2D eigenvalue weighted by Gasteiger charge is 2.37. The number of aliphatic hydroxyl groups is 2. The maximum atomic E-state index is 14.8. The number of aromatic amines is 1. The fourth-order valence-electron chi connectivity index (χ4n) is 7.92. The number of nitrogens with one attached hydrogen (secondary N) is 9. The molecule has 0 aliphatic carbocycles. The molecule has 26 heteroatoms. The van der Waals surface area contributed by atoms with Crippen LogP contribution in [0.25, 0.3) is 10.9 Å². The number of aliphatic carboxylic acids is 1. The van der Waals surface area contributed by atoms with Gasteiger partial charge in [0.1, 0.15) is 48.0 Å². The third-order valence-corrected chi connectivity index (χ3v) is 15.2. The van der Waals surface area contributed by atoms with Crippen LogP contribution in [-0.2, 0) is 57.6 Å². The van der Waals surface area contributed by atoms with E-state index in [-0.39, 0.29) is 49.5 Å². The smallest absolute Gasteiger partial charge is 0.328 e. The van der Waals surface area contributed by atoms with Crippen LogP contribution >= 0.6 is 44.2 Å². The van der Waals surface area contributed by atoms with Crippen LogP contribution in [-0.4, -0.2) is 151 Å². The van der Waals surface area contributed by atoms with Crippen molar-refractivity contribution in [3.05, 3.63) is 102 Å². The van der Waals surface area contributed by atoms with Crippen molar-refractivity contribution in [2.24, 2.45) is 5.73 Å². The molecule has 22 nitrogen and oxygen atoms in total. The third kappa shape index (κ3) is 18.4. The van der Waals surface area contributed by atoms with Gasteiger partial charge in [0.05, 0.1) is 12.2 Å². The van der Waals surface area contributed by atoms with Gasteiger partial charge in [-0.2, -0.15) is 0 Å². The molecule has 1 saturated heterocycles. The lowest BCUT2D eigenvalue weighted by Gasteiger charge is -2.29. The highest BCUT2D eigenvalue weighted by atomic mass is 33.1. The fourth-order valence-corrected chi connectivity index (χ4v) is 10.9. The van der Waals surface area contributed by atoms with Gasteiger partial charge in [0, 0.05) is 41.4 Å². The summed E-state index contributed by atoms with van der Waals surface area (Å²) in [6, 6.07) is 10.4. The van der Waals surface area contributed by atoms with E-state index >= 15 is 0 Å². The molecule has 1 fully saturated rings. The predicted molar refractivity (Wildman–Crippen MR) is 290 cm³/mol. The highest BCUT2D eigenvalue weighted by Crippen LogP contribution is 2.25. The summed E-state index contributed by atoms with van der Waals surface area (Å²) in [6.07, 6.45) is -0.959. The lowest BCUT2D eigenvalue weighted by molar-refractivity contribution is -0.145. The van der Waals surface area contributed by atoms with E-state index in [1.54, 1.807) is 36.5 Å². The molecule has 406 valence electrons. The summed E-state index contributed by atoms with van der Waals surface area (Å²) in [5.41, 5.74) is 8.38. The standard InChI is InChI=1S/C49H64N10O12S4/c1-26(60)40-48(69)56-39(47(68)58-41(27(2)61)49(70)71)25-74-73-24-38(55-45(66)37(59-75-72)21-28-10-4-3-5-11-28)46(67)53-35(20-29-15-17-31(62)18-16-29)43(64)54-36(22-30-23-51-33-13-7-6-12-32(30)33)44(65)52-34(42(63)57-40)14-8-9-19-50/h3-7,10-13,15-18,23,26-27,34-41,51,59-62,72H,8-9,14,19-22,24-25,50H2,1-2H3,(H,52,65)(H,53,67)(H,54,64)(H,55,66)(H,56,69)(H,57,63)(H,58,68)(H,70,71). The van der Waals surface area contributed by atoms with Crippen LogP contribution in [0.2, 0.25) is 0 Å². The Morgan fingerprint density at radius 1 is 0.760 bits per heavy atom. The Balaban J connectivity index is 1.60. The first-order valence-electron chi connectivity index (χ1n) is 24.0. The van der Waals surface area contributed by atoms with Crippen molar-refractivity contribution in [2.75, 3.05) is 18.1 Å². The number of aromatic nitrogens is 1. The first kappa shape index (κ1) is 59.9. The second-order valence-corrected chi connectivity index (χ2v) is 21.4. The molecule has 7 amide bonds. The SMILES string of the molecule is CC(O)C(NC(=O)C1CSSCC(NC(=O)C(Cc2ccccc2)NSS)C(=O)NC(Cc2ccc(O)cc2)C(=O)NC(Cc2c[nH]c3ccccc23)C(=O)NC(CCCCN)C(=O)NC(C(C)O)C(=O)N1)C(=O)O. The Kier molecular flexibility index (Phi) is 23.9. The molecule has 75 heavy (non-hydrogen) atoms. The predicted octanol–water partition coefficient (Wildman–Crippen LogP) is 0.116. The molecule has 5 rings (SSSR count). The number of aliphatic hydroxyl groups excluding tert-OH is 2. The van der Waals surface area contributed by atoms with Crippen molar-refractivity contribution < 1.29 is 58.8 Å². The van der Waals surface area contributed by atoms with Crippen LogP contribution in [0.15, 0.2) is 85.1 Å². The normalized spacial score (nSPS) is 22.2. The molecule has 0 bridgehead atoms. The van der Waals surface area contributed by atoms with Crippen LogP contribution in [0.4, 0.5) is 0 Å². The van der Waals surface area contributed by atoms with Gasteiger partial charge < -0.3 is 68.4 Å². The van der Waals surface area contributed by atoms with Gasteiger partial charge in [0.25, 0.3) is 0 Å². The number of aromatic hydroxyl groups is 1. The fraction of sp³-hybridized carbons (Fsp3) is 0.429. The summed E-state index contributed by atoms with van der Waals surface area (Å²) >= 11 is 4.20. The van der Waals surface area contributed by atoms with Crippen LogP contribution in [0, 0.1) is 0 Å². The van der Waals surface area contributed by atoms with Crippen molar-refractivity contribution in [1.29, 1.82) is 0 Å². The molecule has 0 spiro atoms. The van der Waals surface area contributed by atoms with Gasteiger partial charge in [0.2, 0.25) is 41.4 Å². The number of para-hydroxylation sites is 1. The van der Waals surface area contributed by atoms with Crippen molar-refractivity contribution >= 4 is 102 Å². The molecular weight excluding hydrogens is 1050 g/mol. The second kappa shape index (κ2) is 29.9. The van der Waals surface area contributed by atoms with E-state index in [1.807, 2.05) is 36.4 Å². The largest absolute Gasteiger partial charge is 0.508 e. The maximum Gasteiger partial charge on any atom is 0.328 e. The number of phenolic OH excluding ortho intramolecular Hbond substituents is 1. The van der Waals surface area contributed by atoms with Crippen molar-refractivity contribution in [3.63, 3.8) is 0 Å². The van der Waals surface area contributed by atoms with Crippen LogP contribution in [0.5, 0.6) is 5.75 Å². The number of rotatable bonds is 19. The molecule has 1 aliphatic rings. The topological polar surface area (TPSA) is 356 Å². The van der Waals surface area contributed by atoms with Crippen molar-refractivity contribution in [2.45, 2.75) is 113 Å². The summed E-state index contributed by atoms with van der Waals surface area (Å²) < 4.78 is 2.94. The molecule has 3 aromatic carbocycles. The minimum absolute atomic E-state index is 0.0213. The second-order valence-electron chi connectivity index (χ2n) is 17.8. The molecule has 1 aromatic heterocycles. The number of unbranched alkanes of at least 4 members (excludes halogenated alkanes) is 1. The number of phenols is 1. The highest BCUT2D eigenvalue weighted by molar-refractivity contribution is 8.76. The summed E-state index contributed by atoms with van der Waals surface area (Å²) in [7, 11) is 2.76. The molecule has 0 saturated carbocycles. The van der Waals surface area contributed by atoms with E-state index in [2.05, 4.69) is 58.6 Å². The number of thiol groups is 1. The Morgan fingerprint density at radius 3 is 2.04 bits per heavy atom. The van der Waals surface area contributed by atoms with E-state index in [0.29, 0.717) is 24.0 Å². The zero-order valence-corrected chi connectivity index (χ0v) is 44.4.